The summed E-state index contributed by atoms with van der Waals surface area (Å²) in [5.74, 6) is 0.795. The van der Waals surface area contributed by atoms with Crippen molar-refractivity contribution in [3.63, 3.8) is 0 Å². The van der Waals surface area contributed by atoms with Gasteiger partial charge in [0.05, 0.1) is 18.5 Å². The second kappa shape index (κ2) is 9.93. The van der Waals surface area contributed by atoms with E-state index in [0.717, 1.165) is 12.0 Å². The maximum atomic E-state index is 12.9. The molecule has 0 bridgehead atoms. The van der Waals surface area contributed by atoms with E-state index in [0.29, 0.717) is 34.4 Å². The van der Waals surface area contributed by atoms with Gasteiger partial charge >= 0.3 is 6.03 Å². The quantitative estimate of drug-likeness (QED) is 0.433. The summed E-state index contributed by atoms with van der Waals surface area (Å²) < 4.78 is 6.86. The Balaban J connectivity index is 1.63. The molecule has 33 heavy (non-hydrogen) atoms. The minimum atomic E-state index is -0.607. The average Bonchev–Trinajstić information content (AvgIpc) is 3.23. The van der Waals surface area contributed by atoms with Gasteiger partial charge in [0.25, 0.3) is 0 Å². The standard InChI is InChI=1S/C23H25ClN6O3/c1-3-16-12-21(31)28-22(25-16)30-20(13-17(29-30)14-7-5-4-6-8-14)27-23(32)26-18-11-15(24)9-10-19(18)33-2/h4-11,13,16,22,25H,3,12H2,1-2H3,(H,28,31)(H2,26,27,32). The number of hydrogen-bond acceptors (Lipinski definition) is 5. The van der Waals surface area contributed by atoms with Crippen LogP contribution in [0, 0.1) is 0 Å². The number of urea groups is 1. The van der Waals surface area contributed by atoms with Gasteiger partial charge in [-0.3, -0.25) is 15.4 Å². The molecular weight excluding hydrogens is 444 g/mol. The van der Waals surface area contributed by atoms with Crippen molar-refractivity contribution < 1.29 is 14.3 Å². The van der Waals surface area contributed by atoms with Crippen LogP contribution in [0.2, 0.25) is 5.02 Å². The van der Waals surface area contributed by atoms with Gasteiger partial charge in [-0.05, 0) is 24.6 Å². The van der Waals surface area contributed by atoms with E-state index in [4.69, 9.17) is 16.3 Å². The number of aromatic nitrogens is 2. The van der Waals surface area contributed by atoms with Gasteiger partial charge in [-0.2, -0.15) is 5.10 Å². The first kappa shape index (κ1) is 22.6. The maximum absolute atomic E-state index is 12.9. The van der Waals surface area contributed by atoms with Gasteiger partial charge in [-0.1, -0.05) is 48.9 Å². The lowest BCUT2D eigenvalue weighted by Crippen LogP contribution is -2.53. The van der Waals surface area contributed by atoms with Gasteiger partial charge in [0, 0.05) is 29.1 Å². The van der Waals surface area contributed by atoms with Crippen LogP contribution < -0.4 is 26.0 Å². The lowest BCUT2D eigenvalue weighted by Gasteiger charge is -2.31. The number of amides is 3. The highest BCUT2D eigenvalue weighted by atomic mass is 35.5. The van der Waals surface area contributed by atoms with E-state index in [1.54, 1.807) is 28.9 Å². The van der Waals surface area contributed by atoms with E-state index in [1.165, 1.54) is 7.11 Å². The molecule has 0 aliphatic carbocycles. The van der Waals surface area contributed by atoms with Crippen molar-refractivity contribution in [2.24, 2.45) is 0 Å². The predicted molar refractivity (Wildman–Crippen MR) is 127 cm³/mol. The van der Waals surface area contributed by atoms with Crippen LogP contribution in [0.5, 0.6) is 5.75 Å². The van der Waals surface area contributed by atoms with Crippen molar-refractivity contribution in [2.45, 2.75) is 32.1 Å². The minimum Gasteiger partial charge on any atom is -0.495 e. The highest BCUT2D eigenvalue weighted by Crippen LogP contribution is 2.29. The summed E-state index contributed by atoms with van der Waals surface area (Å²) >= 11 is 6.07. The third-order valence-electron chi connectivity index (χ3n) is 5.32. The lowest BCUT2D eigenvalue weighted by molar-refractivity contribution is -0.125. The molecule has 4 rings (SSSR count). The Hall–Kier alpha value is -3.56. The number of ether oxygens (including phenoxy) is 1. The Morgan fingerprint density at radius 3 is 2.73 bits per heavy atom. The summed E-state index contributed by atoms with van der Waals surface area (Å²) in [6.45, 7) is 2.01. The lowest BCUT2D eigenvalue weighted by atomic mass is 10.1. The number of nitrogens with one attached hydrogen (secondary N) is 4. The Morgan fingerprint density at radius 2 is 2.00 bits per heavy atom. The van der Waals surface area contributed by atoms with Crippen LogP contribution in [0.1, 0.15) is 26.1 Å². The molecule has 1 aliphatic heterocycles. The van der Waals surface area contributed by atoms with Crippen LogP contribution in [-0.2, 0) is 4.79 Å². The molecule has 1 saturated heterocycles. The number of methoxy groups -OCH3 is 1. The molecule has 10 heteroatoms. The summed E-state index contributed by atoms with van der Waals surface area (Å²) in [5, 5.41) is 17.0. The molecule has 1 aromatic heterocycles. The van der Waals surface area contributed by atoms with Gasteiger partial charge < -0.3 is 15.4 Å². The molecule has 0 radical (unpaired) electrons. The zero-order valence-corrected chi connectivity index (χ0v) is 19.0. The second-order valence-corrected chi connectivity index (χ2v) is 8.03. The number of hydrogen-bond donors (Lipinski definition) is 4. The van der Waals surface area contributed by atoms with Crippen LogP contribution in [0.25, 0.3) is 11.3 Å². The van der Waals surface area contributed by atoms with Crippen molar-refractivity contribution in [1.82, 2.24) is 20.4 Å². The molecular formula is C23H25ClN6O3. The summed E-state index contributed by atoms with van der Waals surface area (Å²) in [6, 6.07) is 15.8. The number of carbonyl (C=O) groups excluding carboxylic acids is 2. The first-order valence-electron chi connectivity index (χ1n) is 10.6. The Bertz CT molecular complexity index is 1150. The third-order valence-corrected chi connectivity index (χ3v) is 5.55. The van der Waals surface area contributed by atoms with E-state index < -0.39 is 12.3 Å². The highest BCUT2D eigenvalue weighted by molar-refractivity contribution is 6.31. The summed E-state index contributed by atoms with van der Waals surface area (Å²) in [7, 11) is 1.51. The number of nitrogens with zero attached hydrogens (tertiary/aromatic N) is 2. The molecule has 3 amide bonds. The van der Waals surface area contributed by atoms with Crippen molar-refractivity contribution in [1.29, 1.82) is 0 Å². The van der Waals surface area contributed by atoms with Crippen LogP contribution in [0.4, 0.5) is 16.3 Å². The molecule has 0 spiro atoms. The van der Waals surface area contributed by atoms with Gasteiger partial charge in [-0.15, -0.1) is 0 Å². The molecule has 1 aliphatic rings. The highest BCUT2D eigenvalue weighted by Gasteiger charge is 2.28. The number of benzene rings is 2. The molecule has 2 heterocycles. The zero-order valence-electron chi connectivity index (χ0n) is 18.3. The Labute approximate surface area is 196 Å². The molecule has 2 atom stereocenters. The van der Waals surface area contributed by atoms with Crippen molar-refractivity contribution >= 4 is 35.0 Å². The smallest absolute Gasteiger partial charge is 0.324 e. The maximum Gasteiger partial charge on any atom is 0.324 e. The van der Waals surface area contributed by atoms with Crippen molar-refractivity contribution in [3.8, 4) is 17.0 Å². The largest absolute Gasteiger partial charge is 0.495 e. The normalized spacial score (nSPS) is 17.8. The van der Waals surface area contributed by atoms with Gasteiger partial charge in [-0.25, -0.2) is 9.48 Å². The van der Waals surface area contributed by atoms with Crippen molar-refractivity contribution in [3.05, 3.63) is 59.6 Å². The monoisotopic (exact) mass is 468 g/mol. The fourth-order valence-corrected chi connectivity index (χ4v) is 3.81. The SMILES string of the molecule is CCC1CC(=O)NC(n2nc(-c3ccccc3)cc2NC(=O)Nc2cc(Cl)ccc2OC)N1. The molecule has 2 aromatic carbocycles. The average molecular weight is 469 g/mol. The van der Waals surface area contributed by atoms with Gasteiger partial charge in [0.2, 0.25) is 5.91 Å². The molecule has 0 saturated carbocycles. The fraction of sp³-hybridized carbons (Fsp3) is 0.261. The van der Waals surface area contributed by atoms with E-state index in [9.17, 15) is 9.59 Å². The molecule has 4 N–H and O–H groups in total. The fourth-order valence-electron chi connectivity index (χ4n) is 3.64. The molecule has 2 unspecified atom stereocenters. The Kier molecular flexibility index (Phi) is 6.81. The number of anilines is 2. The van der Waals surface area contributed by atoms with Crippen LogP contribution in [0.15, 0.2) is 54.6 Å². The zero-order chi connectivity index (χ0) is 23.4. The third kappa shape index (κ3) is 5.27. The van der Waals surface area contributed by atoms with E-state index in [-0.39, 0.29) is 11.9 Å². The Morgan fingerprint density at radius 1 is 1.21 bits per heavy atom. The number of rotatable bonds is 6. The second-order valence-electron chi connectivity index (χ2n) is 7.60. The van der Waals surface area contributed by atoms with Crippen LogP contribution in [-0.4, -0.2) is 34.9 Å². The molecule has 1 fully saturated rings. The van der Waals surface area contributed by atoms with E-state index in [1.807, 2.05) is 37.3 Å². The van der Waals surface area contributed by atoms with Gasteiger partial charge in [0.1, 0.15) is 11.6 Å². The first-order valence-corrected chi connectivity index (χ1v) is 11.0. The van der Waals surface area contributed by atoms with E-state index >= 15 is 0 Å². The number of carbonyl (C=O) groups is 2. The topological polar surface area (TPSA) is 109 Å². The molecule has 3 aromatic rings. The molecule has 9 nitrogen and oxygen atoms in total. The van der Waals surface area contributed by atoms with Crippen LogP contribution in [0.3, 0.4) is 0 Å². The van der Waals surface area contributed by atoms with E-state index in [2.05, 4.69) is 26.4 Å². The summed E-state index contributed by atoms with van der Waals surface area (Å²) in [5.41, 5.74) is 1.96. The number of halogens is 1. The molecule has 172 valence electrons. The summed E-state index contributed by atoms with van der Waals surface area (Å²) in [4.78, 5) is 25.1. The van der Waals surface area contributed by atoms with Gasteiger partial charge in [0.15, 0.2) is 6.29 Å². The first-order chi connectivity index (χ1) is 16.0. The minimum absolute atomic E-state index is 0.00511. The van der Waals surface area contributed by atoms with Crippen molar-refractivity contribution in [2.75, 3.05) is 17.7 Å². The van der Waals surface area contributed by atoms with Crippen LogP contribution >= 0.6 is 11.6 Å². The summed E-state index contributed by atoms with van der Waals surface area (Å²) in [6.07, 6.45) is 0.566. The predicted octanol–water partition coefficient (Wildman–Crippen LogP) is 4.20.